The fourth-order valence-corrected chi connectivity index (χ4v) is 2.16. The van der Waals surface area contributed by atoms with Gasteiger partial charge in [0.1, 0.15) is 5.82 Å². The Morgan fingerprint density at radius 1 is 1.21 bits per heavy atom. The zero-order valence-corrected chi connectivity index (χ0v) is 11.0. The third kappa shape index (κ3) is 2.08. The van der Waals surface area contributed by atoms with Crippen LogP contribution >= 0.6 is 0 Å². The SMILES string of the molecule is Cc1cc(-c2ccc3c(c2)ncn3C)nc(CN)n1. The van der Waals surface area contributed by atoms with Crippen molar-refractivity contribution in [3.8, 4) is 11.3 Å². The van der Waals surface area contributed by atoms with Gasteiger partial charge in [-0.15, -0.1) is 0 Å². The second kappa shape index (κ2) is 4.44. The van der Waals surface area contributed by atoms with Gasteiger partial charge in [-0.2, -0.15) is 0 Å². The van der Waals surface area contributed by atoms with Gasteiger partial charge in [-0.3, -0.25) is 0 Å². The molecule has 5 heteroatoms. The van der Waals surface area contributed by atoms with E-state index in [1.54, 1.807) is 0 Å². The van der Waals surface area contributed by atoms with Crippen molar-refractivity contribution in [2.75, 3.05) is 0 Å². The summed E-state index contributed by atoms with van der Waals surface area (Å²) in [4.78, 5) is 13.1. The molecule has 3 aromatic rings. The lowest BCUT2D eigenvalue weighted by Crippen LogP contribution is -2.05. The Morgan fingerprint density at radius 2 is 2.05 bits per heavy atom. The molecule has 0 aliphatic carbocycles. The summed E-state index contributed by atoms with van der Waals surface area (Å²) in [5, 5.41) is 0. The van der Waals surface area contributed by atoms with Gasteiger partial charge < -0.3 is 10.3 Å². The summed E-state index contributed by atoms with van der Waals surface area (Å²) in [6.45, 7) is 2.30. The molecule has 0 amide bonds. The minimum absolute atomic E-state index is 0.348. The van der Waals surface area contributed by atoms with Crippen molar-refractivity contribution in [1.29, 1.82) is 0 Å². The van der Waals surface area contributed by atoms with Crippen LogP contribution in [0.3, 0.4) is 0 Å². The summed E-state index contributed by atoms with van der Waals surface area (Å²) in [6.07, 6.45) is 1.81. The van der Waals surface area contributed by atoms with Gasteiger partial charge in [0.05, 0.1) is 29.6 Å². The Hall–Kier alpha value is -2.27. The largest absolute Gasteiger partial charge is 0.334 e. The van der Waals surface area contributed by atoms with E-state index in [1.807, 2.05) is 43.1 Å². The monoisotopic (exact) mass is 253 g/mol. The van der Waals surface area contributed by atoms with Crippen molar-refractivity contribution in [2.45, 2.75) is 13.5 Å². The number of benzene rings is 1. The Bertz CT molecular complexity index is 745. The van der Waals surface area contributed by atoms with E-state index in [4.69, 9.17) is 5.73 Å². The fraction of sp³-hybridized carbons (Fsp3) is 0.214. The first kappa shape index (κ1) is 11.8. The maximum atomic E-state index is 5.62. The average molecular weight is 253 g/mol. The Kier molecular flexibility index (Phi) is 2.76. The summed E-state index contributed by atoms with van der Waals surface area (Å²) in [5.74, 6) is 0.663. The number of aromatic nitrogens is 4. The van der Waals surface area contributed by atoms with Crippen molar-refractivity contribution in [3.63, 3.8) is 0 Å². The lowest BCUT2D eigenvalue weighted by atomic mass is 10.1. The molecule has 0 atom stereocenters. The number of imidazole rings is 1. The van der Waals surface area contributed by atoms with Gasteiger partial charge >= 0.3 is 0 Å². The normalized spacial score (nSPS) is 11.1. The predicted molar refractivity (Wildman–Crippen MR) is 74.4 cm³/mol. The number of nitrogens with two attached hydrogens (primary N) is 1. The maximum absolute atomic E-state index is 5.62. The summed E-state index contributed by atoms with van der Waals surface area (Å²) in [6, 6.07) is 8.10. The Labute approximate surface area is 111 Å². The van der Waals surface area contributed by atoms with Crippen LogP contribution in [-0.2, 0) is 13.6 Å². The van der Waals surface area contributed by atoms with Gasteiger partial charge in [-0.1, -0.05) is 6.07 Å². The van der Waals surface area contributed by atoms with E-state index in [0.717, 1.165) is 28.0 Å². The average Bonchev–Trinajstić information content (AvgIpc) is 2.79. The summed E-state index contributed by atoms with van der Waals surface area (Å²) < 4.78 is 2.00. The molecule has 2 heterocycles. The van der Waals surface area contributed by atoms with Crippen molar-refractivity contribution in [1.82, 2.24) is 19.5 Å². The van der Waals surface area contributed by atoms with E-state index >= 15 is 0 Å². The van der Waals surface area contributed by atoms with Gasteiger partial charge in [0.15, 0.2) is 0 Å². The fourth-order valence-electron chi connectivity index (χ4n) is 2.16. The number of fused-ring (bicyclic) bond motifs is 1. The maximum Gasteiger partial charge on any atom is 0.142 e. The van der Waals surface area contributed by atoms with E-state index in [9.17, 15) is 0 Å². The number of hydrogen-bond donors (Lipinski definition) is 1. The van der Waals surface area contributed by atoms with E-state index in [0.29, 0.717) is 12.4 Å². The molecule has 19 heavy (non-hydrogen) atoms. The first-order valence-corrected chi connectivity index (χ1v) is 6.13. The van der Waals surface area contributed by atoms with Crippen molar-refractivity contribution in [3.05, 3.63) is 42.1 Å². The summed E-state index contributed by atoms with van der Waals surface area (Å²) >= 11 is 0. The Morgan fingerprint density at radius 3 is 2.84 bits per heavy atom. The molecule has 2 aromatic heterocycles. The minimum Gasteiger partial charge on any atom is -0.334 e. The molecule has 0 radical (unpaired) electrons. The van der Waals surface area contributed by atoms with E-state index < -0.39 is 0 Å². The highest BCUT2D eigenvalue weighted by atomic mass is 15.0. The van der Waals surface area contributed by atoms with Crippen molar-refractivity contribution in [2.24, 2.45) is 12.8 Å². The minimum atomic E-state index is 0.348. The van der Waals surface area contributed by atoms with Gasteiger partial charge in [-0.25, -0.2) is 15.0 Å². The highest BCUT2D eigenvalue weighted by Crippen LogP contribution is 2.22. The van der Waals surface area contributed by atoms with Gasteiger partial charge in [-0.05, 0) is 25.1 Å². The van der Waals surface area contributed by atoms with Crippen LogP contribution in [0, 0.1) is 6.92 Å². The molecular formula is C14H15N5. The van der Waals surface area contributed by atoms with E-state index in [1.165, 1.54) is 0 Å². The van der Waals surface area contributed by atoms with Crippen LogP contribution in [0.2, 0.25) is 0 Å². The molecule has 96 valence electrons. The van der Waals surface area contributed by atoms with Crippen LogP contribution in [0.4, 0.5) is 0 Å². The highest BCUT2D eigenvalue weighted by Gasteiger charge is 2.06. The molecule has 2 N–H and O–H groups in total. The summed E-state index contributed by atoms with van der Waals surface area (Å²) in [5.41, 5.74) is 10.5. The van der Waals surface area contributed by atoms with Gasteiger partial charge in [0.2, 0.25) is 0 Å². The van der Waals surface area contributed by atoms with Gasteiger partial charge in [0, 0.05) is 18.3 Å². The third-order valence-electron chi connectivity index (χ3n) is 3.10. The second-order valence-corrected chi connectivity index (χ2v) is 4.57. The van der Waals surface area contributed by atoms with Crippen LogP contribution in [0.5, 0.6) is 0 Å². The van der Waals surface area contributed by atoms with E-state index in [2.05, 4.69) is 21.0 Å². The second-order valence-electron chi connectivity index (χ2n) is 4.57. The molecule has 0 saturated heterocycles. The molecule has 0 saturated carbocycles. The predicted octanol–water partition coefficient (Wildman–Crippen LogP) is 1.80. The molecule has 1 aromatic carbocycles. The molecule has 0 unspecified atom stereocenters. The first-order valence-electron chi connectivity index (χ1n) is 6.13. The Balaban J connectivity index is 2.15. The molecular weight excluding hydrogens is 238 g/mol. The molecule has 5 nitrogen and oxygen atoms in total. The zero-order chi connectivity index (χ0) is 13.4. The molecule has 0 aliphatic heterocycles. The number of nitrogens with zero attached hydrogens (tertiary/aromatic N) is 4. The van der Waals surface area contributed by atoms with Crippen molar-refractivity contribution < 1.29 is 0 Å². The van der Waals surface area contributed by atoms with Crippen LogP contribution in [-0.4, -0.2) is 19.5 Å². The topological polar surface area (TPSA) is 69.6 Å². The standard InChI is InChI=1S/C14H15N5/c1-9-5-11(18-14(7-15)17-9)10-3-4-13-12(6-10)16-8-19(13)2/h3-6,8H,7,15H2,1-2H3. The molecule has 0 aliphatic rings. The van der Waals surface area contributed by atoms with Crippen molar-refractivity contribution >= 4 is 11.0 Å². The van der Waals surface area contributed by atoms with Crippen LogP contribution < -0.4 is 5.73 Å². The third-order valence-corrected chi connectivity index (χ3v) is 3.10. The smallest absolute Gasteiger partial charge is 0.142 e. The quantitative estimate of drug-likeness (QED) is 0.756. The molecule has 0 fully saturated rings. The lowest BCUT2D eigenvalue weighted by molar-refractivity contribution is 0.894. The van der Waals surface area contributed by atoms with Crippen LogP contribution in [0.15, 0.2) is 30.6 Å². The molecule has 3 rings (SSSR count). The van der Waals surface area contributed by atoms with Gasteiger partial charge in [0.25, 0.3) is 0 Å². The van der Waals surface area contributed by atoms with Crippen LogP contribution in [0.1, 0.15) is 11.5 Å². The zero-order valence-electron chi connectivity index (χ0n) is 11.0. The number of aryl methyl sites for hydroxylation is 2. The molecule has 0 spiro atoms. The summed E-state index contributed by atoms with van der Waals surface area (Å²) in [7, 11) is 1.98. The number of rotatable bonds is 2. The first-order chi connectivity index (χ1) is 9.17. The number of hydrogen-bond acceptors (Lipinski definition) is 4. The van der Waals surface area contributed by atoms with Crippen LogP contribution in [0.25, 0.3) is 22.3 Å². The highest BCUT2D eigenvalue weighted by molar-refractivity contribution is 5.81. The molecule has 0 bridgehead atoms. The lowest BCUT2D eigenvalue weighted by Gasteiger charge is -2.05. The van der Waals surface area contributed by atoms with E-state index in [-0.39, 0.29) is 0 Å².